The number of para-hydroxylation sites is 1. The second-order valence-corrected chi connectivity index (χ2v) is 7.62. The molecule has 3 rings (SSSR count). The van der Waals surface area contributed by atoms with Gasteiger partial charge in [-0.05, 0) is 32.4 Å². The molecule has 5 nitrogen and oxygen atoms in total. The molecule has 1 amide bonds. The van der Waals surface area contributed by atoms with Crippen LogP contribution < -0.4 is 10.2 Å². The molecule has 134 valence electrons. The van der Waals surface area contributed by atoms with Gasteiger partial charge in [-0.2, -0.15) is 5.10 Å². The van der Waals surface area contributed by atoms with Crippen molar-refractivity contribution in [2.45, 2.75) is 34.1 Å². The molecule has 2 aromatic rings. The zero-order valence-corrected chi connectivity index (χ0v) is 15.7. The van der Waals surface area contributed by atoms with Crippen LogP contribution in [0.4, 0.5) is 5.69 Å². The molecule has 25 heavy (non-hydrogen) atoms. The lowest BCUT2D eigenvalue weighted by Crippen LogP contribution is -3.15. The summed E-state index contributed by atoms with van der Waals surface area (Å²) in [5.41, 5.74) is 3.66. The largest absolute Gasteiger partial charge is 0.327 e. The summed E-state index contributed by atoms with van der Waals surface area (Å²) in [6.45, 7) is 11.2. The standard InChI is InChI=1S/C20H28N4O/c1-14-10-15(2)12-23(11-14)13-19(25)21-20-16(3)22-24(17(20)4)18-8-6-5-7-9-18/h5-9,14-15H,10-13H2,1-4H3,(H,21,25)/p+1/t14-,15+. The first-order chi connectivity index (χ1) is 11.9. The first-order valence-corrected chi connectivity index (χ1v) is 9.19. The van der Waals surface area contributed by atoms with Crippen LogP contribution in [0.3, 0.4) is 0 Å². The van der Waals surface area contributed by atoms with Crippen molar-refractivity contribution in [3.63, 3.8) is 0 Å². The number of nitrogens with one attached hydrogen (secondary N) is 2. The lowest BCUT2D eigenvalue weighted by Gasteiger charge is -2.31. The van der Waals surface area contributed by atoms with Gasteiger partial charge in [0, 0.05) is 11.8 Å². The van der Waals surface area contributed by atoms with Gasteiger partial charge in [-0.25, -0.2) is 4.68 Å². The summed E-state index contributed by atoms with van der Waals surface area (Å²) in [5, 5.41) is 7.70. The highest BCUT2D eigenvalue weighted by Crippen LogP contribution is 2.22. The molecule has 2 heterocycles. The van der Waals surface area contributed by atoms with Crippen LogP contribution in [-0.2, 0) is 4.79 Å². The Morgan fingerprint density at radius 2 is 1.84 bits per heavy atom. The fourth-order valence-electron chi connectivity index (χ4n) is 4.12. The van der Waals surface area contributed by atoms with Crippen LogP contribution in [0, 0.1) is 25.7 Å². The third-order valence-electron chi connectivity index (χ3n) is 5.05. The van der Waals surface area contributed by atoms with Crippen molar-refractivity contribution >= 4 is 11.6 Å². The number of quaternary nitrogens is 1. The quantitative estimate of drug-likeness (QED) is 0.894. The van der Waals surface area contributed by atoms with Gasteiger partial charge in [0.05, 0.1) is 35.9 Å². The number of aryl methyl sites for hydroxylation is 1. The zero-order valence-electron chi connectivity index (χ0n) is 15.7. The SMILES string of the molecule is Cc1nn(-c2ccccc2)c(C)c1NC(=O)C[NH+]1C[C@H](C)C[C@H](C)C1. The second-order valence-electron chi connectivity index (χ2n) is 7.62. The van der Waals surface area contributed by atoms with Crippen LogP contribution in [0.1, 0.15) is 31.7 Å². The molecule has 1 saturated heterocycles. The minimum absolute atomic E-state index is 0.0788. The molecule has 1 aromatic carbocycles. The lowest BCUT2D eigenvalue weighted by atomic mass is 9.92. The third-order valence-corrected chi connectivity index (χ3v) is 5.05. The second kappa shape index (κ2) is 7.40. The summed E-state index contributed by atoms with van der Waals surface area (Å²) in [4.78, 5) is 14.0. The topological polar surface area (TPSA) is 51.4 Å². The molecule has 0 radical (unpaired) electrons. The molecule has 0 aliphatic carbocycles. The Balaban J connectivity index is 1.70. The fraction of sp³-hybridized carbons (Fsp3) is 0.500. The van der Waals surface area contributed by atoms with Gasteiger partial charge < -0.3 is 10.2 Å². The number of hydrogen-bond donors (Lipinski definition) is 2. The van der Waals surface area contributed by atoms with E-state index >= 15 is 0 Å². The summed E-state index contributed by atoms with van der Waals surface area (Å²) in [5.74, 6) is 1.46. The molecule has 1 aliphatic heterocycles. The number of piperidine rings is 1. The van der Waals surface area contributed by atoms with Crippen LogP contribution >= 0.6 is 0 Å². The monoisotopic (exact) mass is 341 g/mol. The predicted molar refractivity (Wildman–Crippen MR) is 100 cm³/mol. The van der Waals surface area contributed by atoms with Gasteiger partial charge in [0.2, 0.25) is 0 Å². The maximum Gasteiger partial charge on any atom is 0.279 e. The summed E-state index contributed by atoms with van der Waals surface area (Å²) in [7, 11) is 0. The first-order valence-electron chi connectivity index (χ1n) is 9.19. The number of anilines is 1. The maximum atomic E-state index is 12.6. The van der Waals surface area contributed by atoms with Gasteiger partial charge in [-0.15, -0.1) is 0 Å². The number of rotatable bonds is 4. The van der Waals surface area contributed by atoms with E-state index in [4.69, 9.17) is 0 Å². The molecule has 1 aliphatic rings. The van der Waals surface area contributed by atoms with Gasteiger partial charge in [-0.1, -0.05) is 32.0 Å². The minimum atomic E-state index is 0.0788. The summed E-state index contributed by atoms with van der Waals surface area (Å²) in [6.07, 6.45) is 1.27. The average Bonchev–Trinajstić information content (AvgIpc) is 2.83. The molecule has 1 fully saturated rings. The van der Waals surface area contributed by atoms with Gasteiger partial charge >= 0.3 is 0 Å². The number of carbonyl (C=O) groups excluding carboxylic acids is 1. The molecule has 1 aromatic heterocycles. The normalized spacial score (nSPS) is 23.4. The molecular formula is C20H29N4O+. The van der Waals surface area contributed by atoms with E-state index in [1.165, 1.54) is 11.3 Å². The Bertz CT molecular complexity index is 728. The molecule has 1 unspecified atom stereocenters. The van der Waals surface area contributed by atoms with Crippen molar-refractivity contribution in [1.82, 2.24) is 9.78 Å². The van der Waals surface area contributed by atoms with Crippen LogP contribution in [0.15, 0.2) is 30.3 Å². The van der Waals surface area contributed by atoms with E-state index in [1.807, 2.05) is 48.9 Å². The highest BCUT2D eigenvalue weighted by atomic mass is 16.2. The molecule has 5 heteroatoms. The maximum absolute atomic E-state index is 12.6. The average molecular weight is 341 g/mol. The van der Waals surface area contributed by atoms with Crippen LogP contribution in [0.25, 0.3) is 5.69 Å². The van der Waals surface area contributed by atoms with E-state index in [9.17, 15) is 4.79 Å². The third kappa shape index (κ3) is 4.10. The van der Waals surface area contributed by atoms with Crippen molar-refractivity contribution in [2.24, 2.45) is 11.8 Å². The minimum Gasteiger partial charge on any atom is -0.327 e. The molecule has 0 bridgehead atoms. The van der Waals surface area contributed by atoms with Gasteiger partial charge in [0.15, 0.2) is 6.54 Å². The van der Waals surface area contributed by atoms with E-state index in [2.05, 4.69) is 24.3 Å². The van der Waals surface area contributed by atoms with Gasteiger partial charge in [-0.3, -0.25) is 4.79 Å². The van der Waals surface area contributed by atoms with Crippen LogP contribution in [0.2, 0.25) is 0 Å². The number of nitrogens with zero attached hydrogens (tertiary/aromatic N) is 2. The summed E-state index contributed by atoms with van der Waals surface area (Å²) in [6, 6.07) is 10.0. The molecule has 0 saturated carbocycles. The van der Waals surface area contributed by atoms with E-state index in [-0.39, 0.29) is 5.91 Å². The van der Waals surface area contributed by atoms with E-state index in [1.54, 1.807) is 0 Å². The molecule has 2 N–H and O–H groups in total. The first kappa shape index (κ1) is 17.7. The van der Waals surface area contributed by atoms with Gasteiger partial charge in [0.25, 0.3) is 5.91 Å². The zero-order chi connectivity index (χ0) is 18.0. The number of aromatic nitrogens is 2. The summed E-state index contributed by atoms with van der Waals surface area (Å²) < 4.78 is 1.89. The van der Waals surface area contributed by atoms with Crippen molar-refractivity contribution in [3.8, 4) is 5.69 Å². The van der Waals surface area contributed by atoms with E-state index in [0.717, 1.165) is 35.9 Å². The van der Waals surface area contributed by atoms with Crippen LogP contribution in [0.5, 0.6) is 0 Å². The fourth-order valence-corrected chi connectivity index (χ4v) is 4.12. The molecule has 0 spiro atoms. The van der Waals surface area contributed by atoms with E-state index in [0.29, 0.717) is 18.4 Å². The van der Waals surface area contributed by atoms with Crippen molar-refractivity contribution < 1.29 is 9.69 Å². The van der Waals surface area contributed by atoms with E-state index < -0.39 is 0 Å². The number of hydrogen-bond acceptors (Lipinski definition) is 2. The van der Waals surface area contributed by atoms with Crippen molar-refractivity contribution in [2.75, 3.05) is 25.0 Å². The smallest absolute Gasteiger partial charge is 0.279 e. The Morgan fingerprint density at radius 1 is 1.20 bits per heavy atom. The Labute approximate surface area is 150 Å². The Hall–Kier alpha value is -2.14. The highest BCUT2D eigenvalue weighted by molar-refractivity contribution is 5.92. The van der Waals surface area contributed by atoms with Crippen LogP contribution in [-0.4, -0.2) is 35.3 Å². The van der Waals surface area contributed by atoms with Crippen molar-refractivity contribution in [1.29, 1.82) is 0 Å². The highest BCUT2D eigenvalue weighted by Gasteiger charge is 2.27. The number of likely N-dealkylation sites (tertiary alicyclic amines) is 1. The number of carbonyl (C=O) groups is 1. The van der Waals surface area contributed by atoms with Crippen molar-refractivity contribution in [3.05, 3.63) is 41.7 Å². The lowest BCUT2D eigenvalue weighted by molar-refractivity contribution is -0.904. The summed E-state index contributed by atoms with van der Waals surface area (Å²) >= 11 is 0. The molecular weight excluding hydrogens is 312 g/mol. The molecule has 3 atom stereocenters. The Morgan fingerprint density at radius 3 is 2.48 bits per heavy atom. The number of benzene rings is 1. The number of amides is 1. The van der Waals surface area contributed by atoms with Gasteiger partial charge in [0.1, 0.15) is 0 Å². The Kier molecular flexibility index (Phi) is 5.23. The predicted octanol–water partition coefficient (Wildman–Crippen LogP) is 1.99.